The average Bonchev–Trinajstić information content (AvgIpc) is 3.81. The fraction of sp³-hybridized carbons (Fsp3) is 0.577. The summed E-state index contributed by atoms with van der Waals surface area (Å²) in [6.45, 7) is 2.08. The van der Waals surface area contributed by atoms with Crippen molar-refractivity contribution in [1.82, 2.24) is 20.1 Å². The smallest absolute Gasteiger partial charge is 0.387 e. The van der Waals surface area contributed by atoms with Crippen LogP contribution in [0.3, 0.4) is 0 Å². The highest BCUT2D eigenvalue weighted by Crippen LogP contribution is 2.37. The highest BCUT2D eigenvalue weighted by molar-refractivity contribution is 5.94. The molecule has 0 bridgehead atoms. The predicted octanol–water partition coefficient (Wildman–Crippen LogP) is 3.77. The molecule has 38 heavy (non-hydrogen) atoms. The molecule has 3 N–H and O–H groups in total. The number of benzene rings is 1. The Morgan fingerprint density at radius 1 is 1.21 bits per heavy atom. The summed E-state index contributed by atoms with van der Waals surface area (Å²) >= 11 is 0. The molecule has 3 aliphatic rings. The van der Waals surface area contributed by atoms with E-state index in [1.807, 2.05) is 6.92 Å². The van der Waals surface area contributed by atoms with Gasteiger partial charge in [0.25, 0.3) is 5.91 Å². The maximum atomic E-state index is 13.5. The first-order chi connectivity index (χ1) is 18.2. The molecular formula is C26H33F2N5O5. The van der Waals surface area contributed by atoms with Gasteiger partial charge in [-0.1, -0.05) is 0 Å². The van der Waals surface area contributed by atoms with E-state index in [1.165, 1.54) is 18.2 Å². The molecule has 2 atom stereocenters. The van der Waals surface area contributed by atoms with Crippen LogP contribution in [0.5, 0.6) is 11.5 Å². The van der Waals surface area contributed by atoms with Gasteiger partial charge >= 0.3 is 12.6 Å². The highest BCUT2D eigenvalue weighted by Gasteiger charge is 2.35. The third-order valence-electron chi connectivity index (χ3n) is 6.93. The summed E-state index contributed by atoms with van der Waals surface area (Å²) in [5.41, 5.74) is 6.65. The van der Waals surface area contributed by atoms with E-state index < -0.39 is 12.7 Å². The second kappa shape index (κ2) is 10.8. The molecule has 0 radical (unpaired) electrons. The number of aromatic nitrogens is 1. The summed E-state index contributed by atoms with van der Waals surface area (Å²) in [5, 5.41) is 2.99. The molecule has 12 heteroatoms. The summed E-state index contributed by atoms with van der Waals surface area (Å²) in [6.07, 6.45) is 4.07. The normalized spacial score (nSPS) is 20.4. The van der Waals surface area contributed by atoms with Gasteiger partial charge in [-0.05, 0) is 63.6 Å². The Hall–Kier alpha value is -3.41. The van der Waals surface area contributed by atoms with Crippen LogP contribution in [0.4, 0.5) is 13.6 Å². The van der Waals surface area contributed by atoms with Crippen molar-refractivity contribution in [2.45, 2.75) is 64.3 Å². The van der Waals surface area contributed by atoms with Gasteiger partial charge in [0.2, 0.25) is 5.89 Å². The lowest BCUT2D eigenvalue weighted by Gasteiger charge is -2.39. The number of halogens is 2. The van der Waals surface area contributed by atoms with Gasteiger partial charge in [0.15, 0.2) is 23.0 Å². The molecule has 2 saturated carbocycles. The maximum Gasteiger partial charge on any atom is 0.387 e. The van der Waals surface area contributed by atoms with Crippen molar-refractivity contribution in [1.29, 1.82) is 0 Å². The first-order valence-electron chi connectivity index (χ1n) is 13.0. The number of nitrogens with one attached hydrogen (secondary N) is 1. The molecular weight excluding hydrogens is 500 g/mol. The van der Waals surface area contributed by atoms with E-state index in [0.29, 0.717) is 37.7 Å². The molecule has 2 heterocycles. The van der Waals surface area contributed by atoms with Crippen LogP contribution in [0.25, 0.3) is 11.5 Å². The maximum absolute atomic E-state index is 13.5. The second-order valence-electron chi connectivity index (χ2n) is 10.3. The van der Waals surface area contributed by atoms with Crippen LogP contribution in [-0.4, -0.2) is 71.7 Å². The van der Waals surface area contributed by atoms with Crippen LogP contribution in [0.15, 0.2) is 22.6 Å². The summed E-state index contributed by atoms with van der Waals surface area (Å²) in [4.78, 5) is 33.9. The topological polar surface area (TPSA) is 123 Å². The minimum absolute atomic E-state index is 0.0859. The van der Waals surface area contributed by atoms with Crippen LogP contribution in [0, 0.1) is 5.92 Å². The molecule has 1 aromatic heterocycles. The number of alkyl halides is 2. The number of ether oxygens (including phenoxy) is 2. The van der Waals surface area contributed by atoms with E-state index in [9.17, 15) is 18.4 Å². The third kappa shape index (κ3) is 6.01. The fourth-order valence-electron chi connectivity index (χ4n) is 4.44. The molecule has 206 valence electrons. The van der Waals surface area contributed by atoms with Crippen LogP contribution in [-0.2, 0) is 0 Å². The minimum atomic E-state index is -3.00. The lowest BCUT2D eigenvalue weighted by molar-refractivity contribution is -0.0515. The van der Waals surface area contributed by atoms with E-state index in [0.717, 1.165) is 25.7 Å². The quantitative estimate of drug-likeness (QED) is 0.503. The Kier molecular flexibility index (Phi) is 7.42. The van der Waals surface area contributed by atoms with Crippen molar-refractivity contribution in [2.75, 3.05) is 26.2 Å². The van der Waals surface area contributed by atoms with Crippen molar-refractivity contribution in [3.63, 3.8) is 0 Å². The Morgan fingerprint density at radius 3 is 2.61 bits per heavy atom. The first kappa shape index (κ1) is 26.2. The molecule has 1 aliphatic heterocycles. The van der Waals surface area contributed by atoms with Gasteiger partial charge in [0.05, 0.1) is 12.6 Å². The van der Waals surface area contributed by atoms with Gasteiger partial charge < -0.3 is 34.7 Å². The summed E-state index contributed by atoms with van der Waals surface area (Å²) in [6, 6.07) is 3.76. The van der Waals surface area contributed by atoms with E-state index in [2.05, 4.69) is 15.0 Å². The third-order valence-corrected chi connectivity index (χ3v) is 6.93. The van der Waals surface area contributed by atoms with Crippen LogP contribution in [0.2, 0.25) is 0 Å². The van der Waals surface area contributed by atoms with Gasteiger partial charge in [-0.3, -0.25) is 4.79 Å². The van der Waals surface area contributed by atoms with Crippen molar-refractivity contribution in [2.24, 2.45) is 11.7 Å². The second-order valence-corrected chi connectivity index (χ2v) is 10.3. The van der Waals surface area contributed by atoms with Gasteiger partial charge in [0.1, 0.15) is 0 Å². The number of rotatable bonds is 9. The van der Waals surface area contributed by atoms with Crippen LogP contribution < -0.4 is 20.5 Å². The molecule has 3 fully saturated rings. The number of carbonyl (C=O) groups excluding carboxylic acids is 2. The molecule has 2 aromatic rings. The van der Waals surface area contributed by atoms with Crippen LogP contribution in [0.1, 0.15) is 61.8 Å². The standard InChI is InChI=1S/C26H33F2N5O5/c1-14-12-32(9-10-33(14)26(35)30-18-6-7-18)24(34)21-22(15(2)29)38-23(31-21)17-5-8-19(37-25(27)28)20(11-17)36-13-16-3-4-16/h5,8,11,14-16,18,25H,3-4,6-7,9-10,12-13,29H2,1-2H3,(H,30,35)/t14-,15+/m1/s1. The van der Waals surface area contributed by atoms with E-state index in [-0.39, 0.29) is 52.9 Å². The summed E-state index contributed by atoms with van der Waals surface area (Å²) in [7, 11) is 0. The van der Waals surface area contributed by atoms with Crippen molar-refractivity contribution >= 4 is 11.9 Å². The van der Waals surface area contributed by atoms with Crippen molar-refractivity contribution in [3.8, 4) is 23.0 Å². The Morgan fingerprint density at radius 2 is 1.97 bits per heavy atom. The fourth-order valence-corrected chi connectivity index (χ4v) is 4.44. The molecule has 0 spiro atoms. The zero-order chi connectivity index (χ0) is 27.0. The number of nitrogens with two attached hydrogens (primary N) is 1. The number of urea groups is 1. The SMILES string of the molecule is C[C@H](N)c1oc(-c2ccc(OC(F)F)c(OCC3CC3)c2)nc1C(=O)N1CCN(C(=O)NC2CC2)[C@H](C)C1. The molecule has 2 aliphatic carbocycles. The van der Waals surface area contributed by atoms with E-state index in [1.54, 1.807) is 16.7 Å². The number of carbonyl (C=O) groups is 2. The highest BCUT2D eigenvalue weighted by atomic mass is 19.3. The Balaban J connectivity index is 1.35. The zero-order valence-electron chi connectivity index (χ0n) is 21.5. The molecule has 0 unspecified atom stereocenters. The van der Waals surface area contributed by atoms with Gasteiger partial charge in [-0.15, -0.1) is 0 Å². The van der Waals surface area contributed by atoms with Gasteiger partial charge in [-0.2, -0.15) is 8.78 Å². The Bertz CT molecular complexity index is 1180. The van der Waals surface area contributed by atoms with Gasteiger partial charge in [0, 0.05) is 37.3 Å². The monoisotopic (exact) mass is 533 g/mol. The Labute approximate surface area is 219 Å². The number of nitrogens with zero attached hydrogens (tertiary/aromatic N) is 3. The molecule has 1 aromatic carbocycles. The van der Waals surface area contributed by atoms with Crippen molar-refractivity contribution < 1.29 is 32.3 Å². The molecule has 1 saturated heterocycles. The van der Waals surface area contributed by atoms with Crippen molar-refractivity contribution in [3.05, 3.63) is 29.7 Å². The number of amides is 3. The number of piperazine rings is 1. The number of hydrogen-bond acceptors (Lipinski definition) is 7. The summed E-state index contributed by atoms with van der Waals surface area (Å²) < 4.78 is 42.1. The molecule has 5 rings (SSSR count). The number of hydrogen-bond donors (Lipinski definition) is 2. The largest absolute Gasteiger partial charge is 0.489 e. The molecule has 3 amide bonds. The minimum Gasteiger partial charge on any atom is -0.489 e. The van der Waals surface area contributed by atoms with Crippen LogP contribution >= 0.6 is 0 Å². The lowest BCUT2D eigenvalue weighted by Crippen LogP contribution is -2.58. The lowest BCUT2D eigenvalue weighted by atomic mass is 10.1. The summed E-state index contributed by atoms with van der Waals surface area (Å²) in [5.74, 6) is 0.464. The average molecular weight is 534 g/mol. The zero-order valence-corrected chi connectivity index (χ0v) is 21.5. The van der Waals surface area contributed by atoms with E-state index in [4.69, 9.17) is 14.9 Å². The predicted molar refractivity (Wildman–Crippen MR) is 133 cm³/mol. The van der Waals surface area contributed by atoms with Gasteiger partial charge in [-0.25, -0.2) is 9.78 Å². The van der Waals surface area contributed by atoms with E-state index >= 15 is 0 Å². The number of oxazole rings is 1. The molecule has 10 nitrogen and oxygen atoms in total. The first-order valence-corrected chi connectivity index (χ1v) is 13.0.